The third-order valence-corrected chi connectivity index (χ3v) is 4.73. The average Bonchev–Trinajstić information content (AvgIpc) is 3.31. The van der Waals surface area contributed by atoms with Gasteiger partial charge in [0.15, 0.2) is 0 Å². The maximum Gasteiger partial charge on any atom is 0.271 e. The normalized spacial score (nSPS) is 16.5. The van der Waals surface area contributed by atoms with Gasteiger partial charge < -0.3 is 10.2 Å². The Morgan fingerprint density at radius 3 is 2.96 bits per heavy atom. The first-order chi connectivity index (χ1) is 13.1. The van der Waals surface area contributed by atoms with E-state index in [0.717, 1.165) is 24.2 Å². The Kier molecular flexibility index (Phi) is 4.72. The Bertz CT molecular complexity index is 974. The van der Waals surface area contributed by atoms with E-state index in [1.807, 2.05) is 19.3 Å². The van der Waals surface area contributed by atoms with Crippen molar-refractivity contribution in [1.29, 1.82) is 0 Å². The number of rotatable bonds is 4. The van der Waals surface area contributed by atoms with Gasteiger partial charge in [0, 0.05) is 50.3 Å². The minimum Gasteiger partial charge on any atom is -0.346 e. The molecule has 1 unspecified atom stereocenters. The van der Waals surface area contributed by atoms with Gasteiger partial charge in [-0.15, -0.1) is 0 Å². The second-order valence-electron chi connectivity index (χ2n) is 6.38. The van der Waals surface area contributed by atoms with Crippen molar-refractivity contribution in [3.05, 3.63) is 53.7 Å². The highest BCUT2D eigenvalue weighted by atomic mass is 35.5. The molecule has 8 nitrogen and oxygen atoms in total. The molecule has 3 aromatic rings. The zero-order valence-electron chi connectivity index (χ0n) is 14.7. The van der Waals surface area contributed by atoms with Crippen molar-refractivity contribution >= 4 is 23.5 Å². The SMILES string of the molecule is Cn1cc(-c2ccnc(N3CCC(NC(=O)c4ncccc4Cl)C3)n2)cn1. The largest absolute Gasteiger partial charge is 0.346 e. The molecular formula is C18H18ClN7O. The van der Waals surface area contributed by atoms with Gasteiger partial charge in [0.1, 0.15) is 5.69 Å². The van der Waals surface area contributed by atoms with Crippen LogP contribution in [-0.2, 0) is 7.05 Å². The summed E-state index contributed by atoms with van der Waals surface area (Å²) in [5.74, 6) is 0.376. The van der Waals surface area contributed by atoms with E-state index in [1.54, 1.807) is 35.4 Å². The van der Waals surface area contributed by atoms with E-state index >= 15 is 0 Å². The average molecular weight is 384 g/mol. The summed E-state index contributed by atoms with van der Waals surface area (Å²) in [7, 11) is 1.87. The molecule has 3 aromatic heterocycles. The number of amides is 1. The van der Waals surface area contributed by atoms with Crippen LogP contribution in [0.25, 0.3) is 11.3 Å². The van der Waals surface area contributed by atoms with Crippen LogP contribution in [-0.4, -0.2) is 49.8 Å². The maximum absolute atomic E-state index is 12.4. The first kappa shape index (κ1) is 17.4. The molecule has 0 saturated carbocycles. The Morgan fingerprint density at radius 2 is 2.19 bits per heavy atom. The molecule has 0 spiro atoms. The van der Waals surface area contributed by atoms with Gasteiger partial charge in [0.2, 0.25) is 5.95 Å². The van der Waals surface area contributed by atoms with Crippen molar-refractivity contribution in [2.24, 2.45) is 7.05 Å². The number of anilines is 1. The molecule has 4 rings (SSSR count). The third-order valence-electron chi connectivity index (χ3n) is 4.42. The number of aromatic nitrogens is 5. The standard InChI is InChI=1S/C18H18ClN7O/c1-25-10-12(9-22-25)15-4-7-21-18(24-15)26-8-5-13(11-26)23-17(27)16-14(19)3-2-6-20-16/h2-4,6-7,9-10,13H,5,8,11H2,1H3,(H,23,27). The number of aryl methyl sites for hydroxylation is 1. The van der Waals surface area contributed by atoms with E-state index in [4.69, 9.17) is 11.6 Å². The van der Waals surface area contributed by atoms with Crippen LogP contribution in [0.1, 0.15) is 16.9 Å². The van der Waals surface area contributed by atoms with Crippen LogP contribution < -0.4 is 10.2 Å². The molecule has 0 aliphatic carbocycles. The Labute approximate surface area is 161 Å². The molecule has 0 bridgehead atoms. The smallest absolute Gasteiger partial charge is 0.271 e. The predicted molar refractivity (Wildman–Crippen MR) is 102 cm³/mol. The molecule has 1 atom stereocenters. The topological polar surface area (TPSA) is 88.8 Å². The number of hydrogen-bond donors (Lipinski definition) is 1. The van der Waals surface area contributed by atoms with Crippen LogP contribution >= 0.6 is 11.6 Å². The fourth-order valence-electron chi connectivity index (χ4n) is 3.08. The lowest BCUT2D eigenvalue weighted by Crippen LogP contribution is -2.37. The van der Waals surface area contributed by atoms with Gasteiger partial charge in [0.05, 0.1) is 16.9 Å². The van der Waals surface area contributed by atoms with Crippen LogP contribution in [0.3, 0.4) is 0 Å². The fraction of sp³-hybridized carbons (Fsp3) is 0.278. The van der Waals surface area contributed by atoms with Gasteiger partial charge in [-0.2, -0.15) is 5.10 Å². The van der Waals surface area contributed by atoms with Crippen LogP contribution in [0, 0.1) is 0 Å². The van der Waals surface area contributed by atoms with E-state index in [1.165, 1.54) is 0 Å². The summed E-state index contributed by atoms with van der Waals surface area (Å²) in [5, 5.41) is 7.51. The first-order valence-corrected chi connectivity index (χ1v) is 8.96. The molecule has 0 aromatic carbocycles. The van der Waals surface area contributed by atoms with Gasteiger partial charge in [0.25, 0.3) is 5.91 Å². The summed E-state index contributed by atoms with van der Waals surface area (Å²) in [5.41, 5.74) is 2.00. The zero-order valence-corrected chi connectivity index (χ0v) is 15.5. The Balaban J connectivity index is 1.44. The molecule has 4 heterocycles. The van der Waals surface area contributed by atoms with Crippen LogP contribution in [0.15, 0.2) is 43.0 Å². The van der Waals surface area contributed by atoms with Crippen molar-refractivity contribution in [3.63, 3.8) is 0 Å². The zero-order chi connectivity index (χ0) is 18.8. The van der Waals surface area contributed by atoms with Gasteiger partial charge in [-0.05, 0) is 24.6 Å². The second kappa shape index (κ2) is 7.32. The second-order valence-corrected chi connectivity index (χ2v) is 6.79. The molecule has 27 heavy (non-hydrogen) atoms. The van der Waals surface area contributed by atoms with Crippen molar-refractivity contribution in [1.82, 2.24) is 30.0 Å². The van der Waals surface area contributed by atoms with E-state index < -0.39 is 0 Å². The highest BCUT2D eigenvalue weighted by Crippen LogP contribution is 2.21. The molecule has 1 aliphatic rings. The number of carbonyl (C=O) groups excluding carboxylic acids is 1. The van der Waals surface area contributed by atoms with E-state index in [0.29, 0.717) is 17.5 Å². The minimum absolute atomic E-state index is 0.0128. The Morgan fingerprint density at radius 1 is 1.30 bits per heavy atom. The number of nitrogens with one attached hydrogen (secondary N) is 1. The van der Waals surface area contributed by atoms with Crippen molar-refractivity contribution in [2.75, 3.05) is 18.0 Å². The van der Waals surface area contributed by atoms with E-state index in [9.17, 15) is 4.79 Å². The minimum atomic E-state index is -0.266. The summed E-state index contributed by atoms with van der Waals surface area (Å²) in [6.07, 6.45) is 7.78. The lowest BCUT2D eigenvalue weighted by Gasteiger charge is -2.17. The molecule has 1 saturated heterocycles. The monoisotopic (exact) mass is 383 g/mol. The summed E-state index contributed by atoms with van der Waals surface area (Å²) in [4.78, 5) is 27.5. The van der Waals surface area contributed by atoms with E-state index in [-0.39, 0.29) is 17.6 Å². The quantitative estimate of drug-likeness (QED) is 0.740. The maximum atomic E-state index is 12.4. The predicted octanol–water partition coefficient (Wildman–Crippen LogP) is 1.93. The van der Waals surface area contributed by atoms with Gasteiger partial charge in [-0.25, -0.2) is 15.0 Å². The number of pyridine rings is 1. The van der Waals surface area contributed by atoms with Gasteiger partial charge in [-0.1, -0.05) is 11.6 Å². The molecule has 0 radical (unpaired) electrons. The molecule has 1 aliphatic heterocycles. The molecule has 1 fully saturated rings. The van der Waals surface area contributed by atoms with Crippen LogP contribution in [0.2, 0.25) is 5.02 Å². The highest BCUT2D eigenvalue weighted by Gasteiger charge is 2.27. The summed E-state index contributed by atoms with van der Waals surface area (Å²) in [6, 6.07) is 5.20. The Hall–Kier alpha value is -3.00. The highest BCUT2D eigenvalue weighted by molar-refractivity contribution is 6.33. The molecule has 1 N–H and O–H groups in total. The summed E-state index contributed by atoms with van der Waals surface area (Å²) in [6.45, 7) is 1.39. The fourth-order valence-corrected chi connectivity index (χ4v) is 3.29. The lowest BCUT2D eigenvalue weighted by atomic mass is 10.2. The van der Waals surface area contributed by atoms with Gasteiger partial charge in [-0.3, -0.25) is 9.48 Å². The first-order valence-electron chi connectivity index (χ1n) is 8.58. The number of nitrogens with zero attached hydrogens (tertiary/aromatic N) is 6. The van der Waals surface area contributed by atoms with Crippen LogP contribution in [0.4, 0.5) is 5.95 Å². The van der Waals surface area contributed by atoms with Crippen molar-refractivity contribution in [2.45, 2.75) is 12.5 Å². The summed E-state index contributed by atoms with van der Waals surface area (Å²) >= 11 is 6.05. The molecular weight excluding hydrogens is 366 g/mol. The molecule has 138 valence electrons. The number of carbonyl (C=O) groups is 1. The summed E-state index contributed by atoms with van der Waals surface area (Å²) < 4.78 is 1.74. The number of halogens is 1. The third kappa shape index (κ3) is 3.75. The van der Waals surface area contributed by atoms with Crippen LogP contribution in [0.5, 0.6) is 0 Å². The van der Waals surface area contributed by atoms with Gasteiger partial charge >= 0.3 is 0 Å². The lowest BCUT2D eigenvalue weighted by molar-refractivity contribution is 0.0935. The molecule has 9 heteroatoms. The number of hydrogen-bond acceptors (Lipinski definition) is 6. The van der Waals surface area contributed by atoms with Crippen molar-refractivity contribution < 1.29 is 4.79 Å². The van der Waals surface area contributed by atoms with E-state index in [2.05, 4.69) is 30.3 Å². The molecule has 1 amide bonds. The van der Waals surface area contributed by atoms with Crippen molar-refractivity contribution in [3.8, 4) is 11.3 Å².